The van der Waals surface area contributed by atoms with E-state index in [0.717, 1.165) is 34.7 Å². The van der Waals surface area contributed by atoms with Crippen LogP contribution in [0.25, 0.3) is 20.2 Å². The molecule has 0 fully saturated rings. The Bertz CT molecular complexity index is 876. The molecule has 1 unspecified atom stereocenters. The number of fused-ring (bicyclic) bond motifs is 2. The molecule has 0 aliphatic heterocycles. The Labute approximate surface area is 135 Å². The van der Waals surface area contributed by atoms with E-state index < -0.39 is 0 Å². The van der Waals surface area contributed by atoms with Gasteiger partial charge in [-0.2, -0.15) is 0 Å². The second kappa shape index (κ2) is 6.21. The molecule has 0 saturated carbocycles. The Kier molecular flexibility index (Phi) is 4.30. The monoisotopic (exact) mass is 310 g/mol. The van der Waals surface area contributed by atoms with Gasteiger partial charge in [0.25, 0.3) is 0 Å². The van der Waals surface area contributed by atoms with Crippen molar-refractivity contribution in [1.29, 1.82) is 0 Å². The number of hydrogen-bond donors (Lipinski definition) is 0. The lowest BCUT2D eigenvalue weighted by atomic mass is 9.94. The van der Waals surface area contributed by atoms with Gasteiger partial charge < -0.3 is 0 Å². The smallest absolute Gasteiger partial charge is 0.196 e. The van der Waals surface area contributed by atoms with Crippen LogP contribution >= 0.6 is 11.3 Å². The average Bonchev–Trinajstić information content (AvgIpc) is 2.55. The Morgan fingerprint density at radius 2 is 1.77 bits per heavy atom. The minimum absolute atomic E-state index is 0.206. The fourth-order valence-electron chi connectivity index (χ4n) is 2.99. The van der Waals surface area contributed by atoms with Crippen molar-refractivity contribution in [1.82, 2.24) is 0 Å². The van der Waals surface area contributed by atoms with E-state index in [1.165, 1.54) is 15.8 Å². The third kappa shape index (κ3) is 2.56. The van der Waals surface area contributed by atoms with Gasteiger partial charge in [-0.25, -0.2) is 0 Å². The summed E-state index contributed by atoms with van der Waals surface area (Å²) >= 11 is 1.77. The van der Waals surface area contributed by atoms with Crippen LogP contribution in [0.3, 0.4) is 0 Å². The van der Waals surface area contributed by atoms with Crippen molar-refractivity contribution >= 4 is 31.5 Å². The highest BCUT2D eigenvalue weighted by molar-refractivity contribution is 7.24. The molecule has 0 spiro atoms. The van der Waals surface area contributed by atoms with Gasteiger partial charge in [0, 0.05) is 20.2 Å². The first-order valence-corrected chi connectivity index (χ1v) is 8.93. The Balaban J connectivity index is 2.39. The van der Waals surface area contributed by atoms with Crippen molar-refractivity contribution < 1.29 is 0 Å². The molecule has 2 aromatic carbocycles. The van der Waals surface area contributed by atoms with Crippen molar-refractivity contribution in [3.63, 3.8) is 0 Å². The Morgan fingerprint density at radius 3 is 2.50 bits per heavy atom. The van der Waals surface area contributed by atoms with Gasteiger partial charge >= 0.3 is 0 Å². The first kappa shape index (κ1) is 15.2. The van der Waals surface area contributed by atoms with Gasteiger partial charge in [-0.1, -0.05) is 51.5 Å². The zero-order chi connectivity index (χ0) is 15.7. The molecule has 1 aromatic heterocycles. The summed E-state index contributed by atoms with van der Waals surface area (Å²) in [6.07, 6.45) is 3.09. The van der Waals surface area contributed by atoms with E-state index in [-0.39, 0.29) is 5.43 Å². The molecule has 1 nitrogen and oxygen atoms in total. The maximum atomic E-state index is 13.1. The molecule has 3 rings (SSSR count). The SMILES string of the molecule is CCc1ccc(CC(C)CC)c2c(=O)c3ccccc3sc12. The van der Waals surface area contributed by atoms with Crippen LogP contribution in [0.1, 0.15) is 38.3 Å². The van der Waals surface area contributed by atoms with E-state index in [4.69, 9.17) is 0 Å². The van der Waals surface area contributed by atoms with Crippen molar-refractivity contribution in [2.75, 3.05) is 0 Å². The molecule has 0 N–H and O–H groups in total. The molecule has 0 aliphatic rings. The molecule has 0 radical (unpaired) electrons. The van der Waals surface area contributed by atoms with Crippen LogP contribution in [0.5, 0.6) is 0 Å². The van der Waals surface area contributed by atoms with Crippen LogP contribution in [-0.2, 0) is 12.8 Å². The third-order valence-electron chi connectivity index (χ3n) is 4.54. The topological polar surface area (TPSA) is 17.1 Å². The van der Waals surface area contributed by atoms with E-state index in [1.54, 1.807) is 11.3 Å². The molecule has 3 aromatic rings. The summed E-state index contributed by atoms with van der Waals surface area (Å²) in [5.74, 6) is 0.603. The van der Waals surface area contributed by atoms with Crippen molar-refractivity contribution in [3.05, 3.63) is 57.7 Å². The van der Waals surface area contributed by atoms with Crippen LogP contribution in [0, 0.1) is 5.92 Å². The van der Waals surface area contributed by atoms with Crippen LogP contribution in [0.15, 0.2) is 41.2 Å². The van der Waals surface area contributed by atoms with Gasteiger partial charge in [0.15, 0.2) is 5.43 Å². The van der Waals surface area contributed by atoms with Gasteiger partial charge in [-0.3, -0.25) is 4.79 Å². The first-order valence-electron chi connectivity index (χ1n) is 8.12. The first-order chi connectivity index (χ1) is 10.7. The highest BCUT2D eigenvalue weighted by Gasteiger charge is 2.14. The minimum Gasteiger partial charge on any atom is -0.288 e. The summed E-state index contributed by atoms with van der Waals surface area (Å²) in [6, 6.07) is 12.4. The van der Waals surface area contributed by atoms with Crippen molar-refractivity contribution in [2.45, 2.75) is 40.0 Å². The van der Waals surface area contributed by atoms with Crippen LogP contribution in [0.4, 0.5) is 0 Å². The van der Waals surface area contributed by atoms with Crippen molar-refractivity contribution in [3.8, 4) is 0 Å². The van der Waals surface area contributed by atoms with Gasteiger partial charge in [0.2, 0.25) is 0 Å². The lowest BCUT2D eigenvalue weighted by Gasteiger charge is -2.13. The Hall–Kier alpha value is -1.67. The zero-order valence-electron chi connectivity index (χ0n) is 13.5. The van der Waals surface area contributed by atoms with Gasteiger partial charge in [-0.05, 0) is 42.0 Å². The summed E-state index contributed by atoms with van der Waals surface area (Å²) in [6.45, 7) is 6.63. The standard InChI is InChI=1S/C20H22OS/c1-4-13(3)12-15-11-10-14(5-2)20-18(15)19(21)16-8-6-7-9-17(16)22-20/h6-11,13H,4-5,12H2,1-3H3. The fourth-order valence-corrected chi connectivity index (χ4v) is 4.29. The van der Waals surface area contributed by atoms with E-state index in [9.17, 15) is 4.79 Å². The molecule has 1 heterocycles. The number of benzene rings is 2. The van der Waals surface area contributed by atoms with Crippen LogP contribution < -0.4 is 5.43 Å². The van der Waals surface area contributed by atoms with Crippen LogP contribution in [0.2, 0.25) is 0 Å². The van der Waals surface area contributed by atoms with E-state index in [0.29, 0.717) is 5.92 Å². The summed E-state index contributed by atoms with van der Waals surface area (Å²) in [4.78, 5) is 13.1. The predicted molar refractivity (Wildman–Crippen MR) is 98.1 cm³/mol. The Morgan fingerprint density at radius 1 is 1.05 bits per heavy atom. The second-order valence-electron chi connectivity index (χ2n) is 6.09. The second-order valence-corrected chi connectivity index (χ2v) is 7.14. The van der Waals surface area contributed by atoms with Gasteiger partial charge in [-0.15, -0.1) is 11.3 Å². The highest BCUT2D eigenvalue weighted by Crippen LogP contribution is 2.31. The third-order valence-corrected chi connectivity index (χ3v) is 5.79. The fraction of sp³-hybridized carbons (Fsp3) is 0.350. The molecule has 0 saturated heterocycles. The normalized spacial score (nSPS) is 12.9. The molecule has 0 aliphatic carbocycles. The molecule has 1 atom stereocenters. The maximum Gasteiger partial charge on any atom is 0.196 e. The minimum atomic E-state index is 0.206. The van der Waals surface area contributed by atoms with E-state index >= 15 is 0 Å². The number of rotatable bonds is 4. The summed E-state index contributed by atoms with van der Waals surface area (Å²) in [5.41, 5.74) is 2.71. The zero-order valence-corrected chi connectivity index (χ0v) is 14.3. The molecule has 0 bridgehead atoms. The molecule has 2 heteroatoms. The number of hydrogen-bond acceptors (Lipinski definition) is 2. The quantitative estimate of drug-likeness (QED) is 0.576. The average molecular weight is 310 g/mol. The molecular weight excluding hydrogens is 288 g/mol. The van der Waals surface area contributed by atoms with Gasteiger partial charge in [0.05, 0.1) is 0 Å². The largest absolute Gasteiger partial charge is 0.288 e. The maximum absolute atomic E-state index is 13.1. The number of aryl methyl sites for hydroxylation is 1. The summed E-state index contributed by atoms with van der Waals surface area (Å²) in [5, 5.41) is 1.82. The van der Waals surface area contributed by atoms with Gasteiger partial charge in [0.1, 0.15) is 0 Å². The lowest BCUT2D eigenvalue weighted by molar-refractivity contribution is 0.562. The summed E-state index contributed by atoms with van der Waals surface area (Å²) < 4.78 is 2.28. The van der Waals surface area contributed by atoms with E-state index in [1.807, 2.05) is 18.2 Å². The molecule has 0 amide bonds. The van der Waals surface area contributed by atoms with Crippen LogP contribution in [-0.4, -0.2) is 0 Å². The predicted octanol–water partition coefficient (Wildman–Crippen LogP) is 5.57. The highest BCUT2D eigenvalue weighted by atomic mass is 32.1. The van der Waals surface area contributed by atoms with Crippen molar-refractivity contribution in [2.24, 2.45) is 5.92 Å². The lowest BCUT2D eigenvalue weighted by Crippen LogP contribution is -2.08. The summed E-state index contributed by atoms with van der Waals surface area (Å²) in [7, 11) is 0. The molecule has 22 heavy (non-hydrogen) atoms. The van der Waals surface area contributed by atoms with E-state index in [2.05, 4.69) is 39.0 Å². The molecular formula is C20H22OS. The molecule has 114 valence electrons.